The molecule has 3 heterocycles. The third-order valence-electron chi connectivity index (χ3n) is 6.66. The maximum atomic E-state index is 12.9. The molecule has 5 rings (SSSR count). The fourth-order valence-electron chi connectivity index (χ4n) is 4.14. The van der Waals surface area contributed by atoms with Crippen LogP contribution in [-0.4, -0.2) is 69.7 Å². The van der Waals surface area contributed by atoms with Gasteiger partial charge < -0.3 is 24.5 Å². The molecule has 0 saturated carbocycles. The van der Waals surface area contributed by atoms with Gasteiger partial charge in [-0.25, -0.2) is 4.98 Å². The van der Waals surface area contributed by atoms with E-state index < -0.39 is 11.4 Å². The van der Waals surface area contributed by atoms with Crippen LogP contribution in [0.4, 0.5) is 0 Å². The number of amides is 1. The van der Waals surface area contributed by atoms with Crippen LogP contribution < -0.4 is 4.74 Å². The number of aliphatic carboxylic acids is 1. The molecule has 1 fully saturated rings. The van der Waals surface area contributed by atoms with E-state index in [1.807, 2.05) is 53.4 Å². The van der Waals surface area contributed by atoms with Crippen molar-refractivity contribution in [3.8, 4) is 39.7 Å². The molecule has 0 bridgehead atoms. The molecule has 39 heavy (non-hydrogen) atoms. The van der Waals surface area contributed by atoms with Gasteiger partial charge >= 0.3 is 5.97 Å². The first-order valence-electron chi connectivity index (χ1n) is 12.8. The average molecular weight is 527 g/mol. The molecule has 2 aromatic carbocycles. The average Bonchev–Trinajstić information content (AvgIpc) is 3.47. The number of H-pyrrole nitrogens is 1. The third kappa shape index (κ3) is 5.99. The van der Waals surface area contributed by atoms with E-state index >= 15 is 0 Å². The Hall–Kier alpha value is -4.50. The fraction of sp³-hybridized carbons (Fsp3) is 0.267. The number of nitrogens with one attached hydrogen (secondary N) is 1. The molecule has 0 spiro atoms. The lowest BCUT2D eigenvalue weighted by Gasteiger charge is -2.27. The zero-order chi connectivity index (χ0) is 27.4. The zero-order valence-corrected chi connectivity index (χ0v) is 21.9. The van der Waals surface area contributed by atoms with Crippen LogP contribution in [0.15, 0.2) is 73.1 Å². The standard InChI is InChI=1S/C30H30N4O5/c1-30(2,29(36)37)19-39-24-9-6-20(7-10-24)25-11-8-23(17-31-25)27-32-18-26(33-27)21-4-3-5-22(16-21)28(35)34-12-14-38-15-13-34/h3-11,16-18H,12-15,19H2,1-2H3,(H,32,33)(H,36,37). The molecular weight excluding hydrogens is 496 g/mol. The van der Waals surface area contributed by atoms with Gasteiger partial charge in [-0.05, 0) is 62.4 Å². The van der Waals surface area contributed by atoms with Gasteiger partial charge in [0.1, 0.15) is 18.2 Å². The zero-order valence-electron chi connectivity index (χ0n) is 21.9. The largest absolute Gasteiger partial charge is 0.492 e. The van der Waals surface area contributed by atoms with E-state index in [2.05, 4.69) is 15.0 Å². The van der Waals surface area contributed by atoms with Crippen LogP contribution in [-0.2, 0) is 9.53 Å². The van der Waals surface area contributed by atoms with Crippen LogP contribution >= 0.6 is 0 Å². The molecule has 200 valence electrons. The number of aromatic amines is 1. The first-order chi connectivity index (χ1) is 18.8. The molecule has 0 aliphatic carbocycles. The Bertz CT molecular complexity index is 1460. The summed E-state index contributed by atoms with van der Waals surface area (Å²) in [5, 5.41) is 9.24. The summed E-state index contributed by atoms with van der Waals surface area (Å²) in [7, 11) is 0. The third-order valence-corrected chi connectivity index (χ3v) is 6.66. The van der Waals surface area contributed by atoms with Gasteiger partial charge in [-0.2, -0.15) is 0 Å². The van der Waals surface area contributed by atoms with Crippen LogP contribution in [0.2, 0.25) is 0 Å². The Balaban J connectivity index is 1.26. The van der Waals surface area contributed by atoms with E-state index in [-0.39, 0.29) is 12.5 Å². The highest BCUT2D eigenvalue weighted by Gasteiger charge is 2.28. The van der Waals surface area contributed by atoms with Crippen molar-refractivity contribution in [2.45, 2.75) is 13.8 Å². The molecular formula is C30H30N4O5. The summed E-state index contributed by atoms with van der Waals surface area (Å²) >= 11 is 0. The Morgan fingerprint density at radius 1 is 0.974 bits per heavy atom. The van der Waals surface area contributed by atoms with Crippen molar-refractivity contribution in [2.24, 2.45) is 5.41 Å². The molecule has 0 unspecified atom stereocenters. The van der Waals surface area contributed by atoms with Crippen LogP contribution in [0.25, 0.3) is 33.9 Å². The summed E-state index contributed by atoms with van der Waals surface area (Å²) < 4.78 is 11.0. The van der Waals surface area contributed by atoms with Crippen molar-refractivity contribution in [2.75, 3.05) is 32.9 Å². The number of hydrogen-bond acceptors (Lipinski definition) is 6. The molecule has 0 radical (unpaired) electrons. The predicted molar refractivity (Wildman–Crippen MR) is 146 cm³/mol. The van der Waals surface area contributed by atoms with Crippen LogP contribution in [0.3, 0.4) is 0 Å². The Morgan fingerprint density at radius 2 is 1.72 bits per heavy atom. The highest BCUT2D eigenvalue weighted by atomic mass is 16.5. The van der Waals surface area contributed by atoms with Gasteiger partial charge in [0.15, 0.2) is 0 Å². The quantitative estimate of drug-likeness (QED) is 0.340. The molecule has 1 aliphatic rings. The molecule has 4 aromatic rings. The van der Waals surface area contributed by atoms with Gasteiger partial charge in [0.25, 0.3) is 5.91 Å². The van der Waals surface area contributed by atoms with Gasteiger partial charge in [-0.3, -0.25) is 14.6 Å². The van der Waals surface area contributed by atoms with Gasteiger partial charge in [0.05, 0.1) is 36.2 Å². The summed E-state index contributed by atoms with van der Waals surface area (Å²) in [6.07, 6.45) is 3.52. The van der Waals surface area contributed by atoms with E-state index in [1.54, 1.807) is 38.4 Å². The molecule has 2 aromatic heterocycles. The van der Waals surface area contributed by atoms with Crippen molar-refractivity contribution in [1.82, 2.24) is 19.9 Å². The Kier molecular flexibility index (Phi) is 7.42. The lowest BCUT2D eigenvalue weighted by molar-refractivity contribution is -0.148. The highest BCUT2D eigenvalue weighted by Crippen LogP contribution is 2.26. The van der Waals surface area contributed by atoms with Crippen molar-refractivity contribution in [3.05, 3.63) is 78.6 Å². The van der Waals surface area contributed by atoms with E-state index in [1.165, 1.54) is 0 Å². The number of ether oxygens (including phenoxy) is 2. The molecule has 1 saturated heterocycles. The van der Waals surface area contributed by atoms with Gasteiger partial charge in [-0.15, -0.1) is 0 Å². The maximum absolute atomic E-state index is 12.9. The number of carboxylic acid groups (broad SMARTS) is 1. The number of imidazole rings is 1. The first-order valence-corrected chi connectivity index (χ1v) is 12.8. The summed E-state index contributed by atoms with van der Waals surface area (Å²) in [6, 6.07) is 18.8. The number of benzene rings is 2. The molecule has 2 N–H and O–H groups in total. The molecule has 9 nitrogen and oxygen atoms in total. The first kappa shape index (κ1) is 26.1. The second kappa shape index (κ2) is 11.1. The van der Waals surface area contributed by atoms with E-state index in [0.29, 0.717) is 43.4 Å². The van der Waals surface area contributed by atoms with Crippen molar-refractivity contribution >= 4 is 11.9 Å². The number of morpholine rings is 1. The second-order valence-electron chi connectivity index (χ2n) is 10.1. The topological polar surface area (TPSA) is 118 Å². The lowest BCUT2D eigenvalue weighted by atomic mass is 9.95. The number of hydrogen-bond donors (Lipinski definition) is 2. The summed E-state index contributed by atoms with van der Waals surface area (Å²) in [5.41, 5.74) is 3.90. The van der Waals surface area contributed by atoms with E-state index in [0.717, 1.165) is 28.1 Å². The number of rotatable bonds is 8. The number of carboxylic acids is 1. The van der Waals surface area contributed by atoms with Crippen LogP contribution in [0, 0.1) is 5.41 Å². The van der Waals surface area contributed by atoms with Crippen molar-refractivity contribution in [1.29, 1.82) is 0 Å². The maximum Gasteiger partial charge on any atom is 0.312 e. The highest BCUT2D eigenvalue weighted by molar-refractivity contribution is 5.95. The van der Waals surface area contributed by atoms with Gasteiger partial charge in [0, 0.05) is 41.5 Å². The molecule has 1 aliphatic heterocycles. The minimum absolute atomic E-state index is 0.00312. The lowest BCUT2D eigenvalue weighted by Crippen LogP contribution is -2.40. The minimum atomic E-state index is -0.967. The summed E-state index contributed by atoms with van der Waals surface area (Å²) in [4.78, 5) is 38.4. The number of carbonyl (C=O) groups is 2. The Morgan fingerprint density at radius 3 is 2.41 bits per heavy atom. The number of aromatic nitrogens is 3. The SMILES string of the molecule is CC(C)(COc1ccc(-c2ccc(-c3ncc(-c4cccc(C(=O)N5CCOCC5)c4)[nH]3)cn2)cc1)C(=O)O. The second-order valence-corrected chi connectivity index (χ2v) is 10.1. The minimum Gasteiger partial charge on any atom is -0.492 e. The van der Waals surface area contributed by atoms with Crippen molar-refractivity contribution in [3.63, 3.8) is 0 Å². The number of pyridine rings is 1. The summed E-state index contributed by atoms with van der Waals surface area (Å²) in [6.45, 7) is 5.66. The Labute approximate surface area is 226 Å². The van der Waals surface area contributed by atoms with Crippen LogP contribution in [0.5, 0.6) is 5.75 Å². The number of carbonyl (C=O) groups excluding carboxylic acids is 1. The van der Waals surface area contributed by atoms with E-state index in [9.17, 15) is 14.7 Å². The van der Waals surface area contributed by atoms with Gasteiger partial charge in [-0.1, -0.05) is 12.1 Å². The van der Waals surface area contributed by atoms with Crippen LogP contribution in [0.1, 0.15) is 24.2 Å². The molecule has 1 amide bonds. The molecule has 9 heteroatoms. The number of nitrogens with zero attached hydrogens (tertiary/aromatic N) is 3. The molecule has 0 atom stereocenters. The van der Waals surface area contributed by atoms with E-state index in [4.69, 9.17) is 9.47 Å². The normalized spacial score (nSPS) is 13.7. The van der Waals surface area contributed by atoms with Crippen molar-refractivity contribution < 1.29 is 24.2 Å². The van der Waals surface area contributed by atoms with Gasteiger partial charge in [0.2, 0.25) is 0 Å². The fourth-order valence-corrected chi connectivity index (χ4v) is 4.14. The summed E-state index contributed by atoms with van der Waals surface area (Å²) in [5.74, 6) is 0.380. The predicted octanol–water partition coefficient (Wildman–Crippen LogP) is 4.77. The smallest absolute Gasteiger partial charge is 0.312 e. The monoisotopic (exact) mass is 526 g/mol.